The summed E-state index contributed by atoms with van der Waals surface area (Å²) in [6.45, 7) is -0.317. The molecule has 0 aliphatic heterocycles. The Morgan fingerprint density at radius 1 is 1.14 bits per heavy atom. The molecule has 0 radical (unpaired) electrons. The molecule has 0 amide bonds. The Labute approximate surface area is 129 Å². The Kier molecular flexibility index (Phi) is 4.59. The van der Waals surface area contributed by atoms with Crippen LogP contribution in [0.1, 0.15) is 16.7 Å². The van der Waals surface area contributed by atoms with Crippen LogP contribution in [-0.2, 0) is 12.8 Å². The van der Waals surface area contributed by atoms with E-state index in [0.29, 0.717) is 5.56 Å². The highest BCUT2D eigenvalue weighted by atomic mass is 35.5. The molecule has 0 spiro atoms. The normalized spacial score (nSPS) is 11.1. The summed E-state index contributed by atoms with van der Waals surface area (Å²) in [5.74, 6) is 0.126. The molecule has 2 rings (SSSR count). The molecule has 0 aliphatic rings. The zero-order valence-corrected chi connectivity index (χ0v) is 11.7. The Bertz CT molecular complexity index is 739. The summed E-state index contributed by atoms with van der Waals surface area (Å²) in [5, 5.41) is 17.6. The van der Waals surface area contributed by atoms with Crippen LogP contribution in [0.4, 0.5) is 13.2 Å². The van der Waals surface area contributed by atoms with Crippen molar-refractivity contribution in [2.75, 3.05) is 0 Å². The van der Waals surface area contributed by atoms with Crippen molar-refractivity contribution < 1.29 is 23.0 Å². The topological polar surface area (TPSA) is 53.2 Å². The van der Waals surface area contributed by atoms with Crippen molar-refractivity contribution in [3.63, 3.8) is 0 Å². The third kappa shape index (κ3) is 3.50. The molecule has 22 heavy (non-hydrogen) atoms. The van der Waals surface area contributed by atoms with Crippen molar-refractivity contribution in [3.8, 4) is 17.6 Å². The predicted octanol–water partition coefficient (Wildman–Crippen LogP) is 4.52. The van der Waals surface area contributed by atoms with Gasteiger partial charge in [0, 0.05) is 0 Å². The van der Waals surface area contributed by atoms with E-state index in [9.17, 15) is 13.2 Å². The molecule has 0 aliphatic carbocycles. The van der Waals surface area contributed by atoms with Gasteiger partial charge in [0.2, 0.25) is 0 Å². The molecule has 7 heteroatoms. The maximum atomic E-state index is 12.8. The molecular formula is C15H9ClF3NO2. The van der Waals surface area contributed by atoms with Crippen molar-refractivity contribution in [2.24, 2.45) is 0 Å². The molecule has 3 nitrogen and oxygen atoms in total. The Hall–Kier alpha value is -2.23. The number of ether oxygens (including phenoxy) is 1. The monoisotopic (exact) mass is 327 g/mol. The maximum Gasteiger partial charge on any atom is 0.417 e. The van der Waals surface area contributed by atoms with Crippen LogP contribution in [0, 0.1) is 11.3 Å². The van der Waals surface area contributed by atoms with E-state index >= 15 is 0 Å². The van der Waals surface area contributed by atoms with Crippen LogP contribution >= 0.6 is 11.6 Å². The van der Waals surface area contributed by atoms with Crippen molar-refractivity contribution in [3.05, 3.63) is 58.1 Å². The average molecular weight is 328 g/mol. The van der Waals surface area contributed by atoms with Gasteiger partial charge in [-0.25, -0.2) is 0 Å². The van der Waals surface area contributed by atoms with E-state index in [1.165, 1.54) is 24.3 Å². The fourth-order valence-corrected chi connectivity index (χ4v) is 2.01. The fraction of sp³-hybridized carbons (Fsp3) is 0.133. The number of alkyl halides is 3. The lowest BCUT2D eigenvalue weighted by molar-refractivity contribution is -0.137. The van der Waals surface area contributed by atoms with Gasteiger partial charge in [-0.05, 0) is 35.9 Å². The van der Waals surface area contributed by atoms with Crippen molar-refractivity contribution in [1.29, 1.82) is 5.26 Å². The minimum atomic E-state index is -4.59. The molecule has 114 valence electrons. The second-order valence-electron chi connectivity index (χ2n) is 4.33. The first kappa shape index (κ1) is 16.1. The van der Waals surface area contributed by atoms with Gasteiger partial charge in [0.1, 0.15) is 11.5 Å². The third-order valence-electron chi connectivity index (χ3n) is 2.85. The molecule has 0 saturated carbocycles. The number of rotatable bonds is 3. The predicted molar refractivity (Wildman–Crippen MR) is 73.6 cm³/mol. The number of halogens is 4. The minimum Gasteiger partial charge on any atom is -0.457 e. The largest absolute Gasteiger partial charge is 0.457 e. The Morgan fingerprint density at radius 2 is 1.77 bits per heavy atom. The standard InChI is InChI=1S/C15H9ClF3NO2/c16-14-4-3-12(6-13(14)15(17,18)19)22-11-2-1-9(8-21)10(5-11)7-20/h1-6,21H,8H2. The highest BCUT2D eigenvalue weighted by Crippen LogP contribution is 2.37. The van der Waals surface area contributed by atoms with Gasteiger partial charge in [-0.15, -0.1) is 0 Å². The van der Waals surface area contributed by atoms with Gasteiger partial charge in [0.05, 0.1) is 28.8 Å². The number of hydrogen-bond acceptors (Lipinski definition) is 3. The number of nitrogens with zero attached hydrogens (tertiary/aromatic N) is 1. The molecular weight excluding hydrogens is 319 g/mol. The highest BCUT2D eigenvalue weighted by Gasteiger charge is 2.33. The molecule has 2 aromatic carbocycles. The number of aliphatic hydroxyl groups excluding tert-OH is 1. The van der Waals surface area contributed by atoms with Gasteiger partial charge in [-0.3, -0.25) is 0 Å². The number of benzene rings is 2. The van der Waals surface area contributed by atoms with Crippen LogP contribution in [0.5, 0.6) is 11.5 Å². The second kappa shape index (κ2) is 6.26. The van der Waals surface area contributed by atoms with Crippen LogP contribution in [0.2, 0.25) is 5.02 Å². The number of nitriles is 1. The quantitative estimate of drug-likeness (QED) is 0.902. The lowest BCUT2D eigenvalue weighted by atomic mass is 10.1. The van der Waals surface area contributed by atoms with E-state index in [4.69, 9.17) is 26.7 Å². The van der Waals surface area contributed by atoms with Gasteiger partial charge in [0.15, 0.2) is 0 Å². The molecule has 0 saturated heterocycles. The number of hydrogen-bond donors (Lipinski definition) is 1. The molecule has 0 heterocycles. The molecule has 2 aromatic rings. The lowest BCUT2D eigenvalue weighted by Gasteiger charge is -2.12. The first-order chi connectivity index (χ1) is 10.3. The number of aliphatic hydroxyl groups is 1. The summed E-state index contributed by atoms with van der Waals surface area (Å²) < 4.78 is 43.6. The van der Waals surface area contributed by atoms with Crippen molar-refractivity contribution >= 4 is 11.6 Å². The second-order valence-corrected chi connectivity index (χ2v) is 4.74. The summed E-state index contributed by atoms with van der Waals surface area (Å²) in [7, 11) is 0. The SMILES string of the molecule is N#Cc1cc(Oc2ccc(Cl)c(C(F)(F)F)c2)ccc1CO. The average Bonchev–Trinajstić information content (AvgIpc) is 2.48. The van der Waals surface area contributed by atoms with Crippen molar-refractivity contribution in [1.82, 2.24) is 0 Å². The van der Waals surface area contributed by atoms with Crippen LogP contribution in [-0.4, -0.2) is 5.11 Å². The van der Waals surface area contributed by atoms with E-state index < -0.39 is 16.8 Å². The fourth-order valence-electron chi connectivity index (χ4n) is 1.78. The molecule has 0 fully saturated rings. The lowest BCUT2D eigenvalue weighted by Crippen LogP contribution is -2.05. The van der Waals surface area contributed by atoms with E-state index in [1.807, 2.05) is 6.07 Å². The van der Waals surface area contributed by atoms with Gasteiger partial charge in [0.25, 0.3) is 0 Å². The zero-order chi connectivity index (χ0) is 16.3. The first-order valence-corrected chi connectivity index (χ1v) is 6.41. The van der Waals surface area contributed by atoms with E-state index in [2.05, 4.69) is 0 Å². The molecule has 0 bridgehead atoms. The van der Waals surface area contributed by atoms with E-state index in [-0.39, 0.29) is 23.7 Å². The van der Waals surface area contributed by atoms with Crippen LogP contribution in [0.25, 0.3) is 0 Å². The zero-order valence-electron chi connectivity index (χ0n) is 11.0. The summed E-state index contributed by atoms with van der Waals surface area (Å²) in [4.78, 5) is 0. The Balaban J connectivity index is 2.34. The minimum absolute atomic E-state index is 0.0580. The van der Waals surface area contributed by atoms with Crippen molar-refractivity contribution in [2.45, 2.75) is 12.8 Å². The first-order valence-electron chi connectivity index (χ1n) is 6.03. The van der Waals surface area contributed by atoms with Gasteiger partial charge in [-0.2, -0.15) is 18.4 Å². The van der Waals surface area contributed by atoms with Gasteiger partial charge >= 0.3 is 6.18 Å². The summed E-state index contributed by atoms with van der Waals surface area (Å²) in [6.07, 6.45) is -4.59. The molecule has 0 unspecified atom stereocenters. The maximum absolute atomic E-state index is 12.8. The van der Waals surface area contributed by atoms with E-state index in [0.717, 1.165) is 12.1 Å². The summed E-state index contributed by atoms with van der Waals surface area (Å²) in [5.41, 5.74) is -0.411. The highest BCUT2D eigenvalue weighted by molar-refractivity contribution is 6.31. The van der Waals surface area contributed by atoms with Crippen LogP contribution in [0.3, 0.4) is 0 Å². The summed E-state index contributed by atoms with van der Waals surface area (Å²) in [6, 6.07) is 9.31. The third-order valence-corrected chi connectivity index (χ3v) is 3.18. The van der Waals surface area contributed by atoms with Gasteiger partial charge in [-0.1, -0.05) is 17.7 Å². The van der Waals surface area contributed by atoms with E-state index in [1.54, 1.807) is 0 Å². The van der Waals surface area contributed by atoms with Gasteiger partial charge < -0.3 is 9.84 Å². The molecule has 0 aromatic heterocycles. The van der Waals surface area contributed by atoms with Crippen LogP contribution < -0.4 is 4.74 Å². The summed E-state index contributed by atoms with van der Waals surface area (Å²) >= 11 is 5.52. The molecule has 1 N–H and O–H groups in total. The van der Waals surface area contributed by atoms with Crippen LogP contribution in [0.15, 0.2) is 36.4 Å². The smallest absolute Gasteiger partial charge is 0.417 e. The Morgan fingerprint density at radius 3 is 2.36 bits per heavy atom. The molecule has 0 atom stereocenters.